The van der Waals surface area contributed by atoms with Gasteiger partial charge in [0.1, 0.15) is 0 Å². The molecule has 3 N–H and O–H groups in total. The predicted octanol–water partition coefficient (Wildman–Crippen LogP) is -0.518. The summed E-state index contributed by atoms with van der Waals surface area (Å²) in [6.45, 7) is 0.390. The maximum absolute atomic E-state index is 8.91. The standard InChI is InChI=1S/C7H15NO2/c9-5-7(10)4-8-6-2-1-3-6/h6-10H,1-5H2/t7-/m0/s1. The Balaban J connectivity index is 1.93. The fourth-order valence-electron chi connectivity index (χ4n) is 0.980. The Hall–Kier alpha value is -0.120. The fourth-order valence-corrected chi connectivity index (χ4v) is 0.980. The molecule has 60 valence electrons. The first-order valence-corrected chi connectivity index (χ1v) is 3.85. The van der Waals surface area contributed by atoms with E-state index in [1.165, 1.54) is 19.3 Å². The lowest BCUT2D eigenvalue weighted by Crippen LogP contribution is -2.40. The van der Waals surface area contributed by atoms with E-state index in [1.807, 2.05) is 0 Å². The van der Waals surface area contributed by atoms with E-state index in [0.29, 0.717) is 12.6 Å². The molecule has 3 heteroatoms. The molecule has 1 aliphatic carbocycles. The van der Waals surface area contributed by atoms with Crippen molar-refractivity contribution >= 4 is 0 Å². The van der Waals surface area contributed by atoms with Gasteiger partial charge in [0.25, 0.3) is 0 Å². The Morgan fingerprint density at radius 2 is 2.20 bits per heavy atom. The molecule has 0 aliphatic heterocycles. The summed E-state index contributed by atoms with van der Waals surface area (Å²) in [5.74, 6) is 0. The monoisotopic (exact) mass is 145 g/mol. The molecule has 0 aromatic rings. The number of hydrogen-bond acceptors (Lipinski definition) is 3. The minimum Gasteiger partial charge on any atom is -0.394 e. The Morgan fingerprint density at radius 3 is 2.60 bits per heavy atom. The Bertz CT molecular complexity index is 88.9. The largest absolute Gasteiger partial charge is 0.394 e. The number of nitrogens with one attached hydrogen (secondary N) is 1. The third kappa shape index (κ3) is 2.25. The zero-order valence-corrected chi connectivity index (χ0v) is 6.08. The van der Waals surface area contributed by atoms with Gasteiger partial charge in [-0.05, 0) is 12.8 Å². The average molecular weight is 145 g/mol. The maximum Gasteiger partial charge on any atom is 0.0895 e. The van der Waals surface area contributed by atoms with Gasteiger partial charge in [-0.1, -0.05) is 6.42 Å². The van der Waals surface area contributed by atoms with E-state index in [2.05, 4.69) is 5.32 Å². The average Bonchev–Trinajstić information content (AvgIpc) is 1.84. The number of hydrogen-bond donors (Lipinski definition) is 3. The number of rotatable bonds is 4. The second kappa shape index (κ2) is 3.91. The maximum atomic E-state index is 8.91. The van der Waals surface area contributed by atoms with Crippen LogP contribution in [0.2, 0.25) is 0 Å². The van der Waals surface area contributed by atoms with Gasteiger partial charge in [0.15, 0.2) is 0 Å². The molecular weight excluding hydrogens is 130 g/mol. The third-order valence-electron chi connectivity index (χ3n) is 1.96. The van der Waals surface area contributed by atoms with E-state index < -0.39 is 6.10 Å². The van der Waals surface area contributed by atoms with Crippen LogP contribution in [0.1, 0.15) is 19.3 Å². The summed E-state index contributed by atoms with van der Waals surface area (Å²) >= 11 is 0. The topological polar surface area (TPSA) is 52.5 Å². The zero-order chi connectivity index (χ0) is 7.40. The van der Waals surface area contributed by atoms with E-state index in [-0.39, 0.29) is 6.61 Å². The van der Waals surface area contributed by atoms with Crippen LogP contribution in [0.4, 0.5) is 0 Å². The summed E-state index contributed by atoms with van der Waals surface area (Å²) in [6, 6.07) is 0.598. The van der Waals surface area contributed by atoms with Gasteiger partial charge in [0.05, 0.1) is 12.7 Å². The summed E-state index contributed by atoms with van der Waals surface area (Å²) in [5, 5.41) is 20.5. The van der Waals surface area contributed by atoms with Crippen LogP contribution in [0.15, 0.2) is 0 Å². The molecule has 1 rings (SSSR count). The van der Waals surface area contributed by atoms with Crippen molar-refractivity contribution in [2.24, 2.45) is 0 Å². The van der Waals surface area contributed by atoms with Crippen molar-refractivity contribution in [1.82, 2.24) is 5.32 Å². The van der Waals surface area contributed by atoms with Crippen LogP contribution in [-0.4, -0.2) is 35.5 Å². The second-order valence-corrected chi connectivity index (χ2v) is 2.87. The summed E-state index contributed by atoms with van der Waals surface area (Å²) in [6.07, 6.45) is 3.16. The highest BCUT2D eigenvalue weighted by Gasteiger charge is 2.16. The zero-order valence-electron chi connectivity index (χ0n) is 6.08. The summed E-state index contributed by atoms with van der Waals surface area (Å²) in [4.78, 5) is 0. The molecule has 10 heavy (non-hydrogen) atoms. The number of aliphatic hydroxyl groups excluding tert-OH is 2. The van der Waals surface area contributed by atoms with Crippen molar-refractivity contribution in [2.45, 2.75) is 31.4 Å². The van der Waals surface area contributed by atoms with Gasteiger partial charge in [-0.25, -0.2) is 0 Å². The summed E-state index contributed by atoms with van der Waals surface area (Å²) < 4.78 is 0. The lowest BCUT2D eigenvalue weighted by Gasteiger charge is -2.27. The Labute approximate surface area is 61.1 Å². The molecule has 0 radical (unpaired) electrons. The highest BCUT2D eigenvalue weighted by molar-refractivity contribution is 4.77. The molecule has 0 spiro atoms. The van der Waals surface area contributed by atoms with Crippen LogP contribution >= 0.6 is 0 Å². The van der Waals surface area contributed by atoms with Crippen molar-refractivity contribution in [2.75, 3.05) is 13.2 Å². The highest BCUT2D eigenvalue weighted by atomic mass is 16.3. The third-order valence-corrected chi connectivity index (χ3v) is 1.96. The van der Waals surface area contributed by atoms with Crippen molar-refractivity contribution in [3.63, 3.8) is 0 Å². The quantitative estimate of drug-likeness (QED) is 0.499. The molecule has 0 aromatic heterocycles. The molecule has 0 amide bonds. The van der Waals surface area contributed by atoms with Crippen LogP contribution in [0.25, 0.3) is 0 Å². The van der Waals surface area contributed by atoms with Gasteiger partial charge in [0.2, 0.25) is 0 Å². The van der Waals surface area contributed by atoms with Crippen LogP contribution < -0.4 is 5.32 Å². The molecular formula is C7H15NO2. The van der Waals surface area contributed by atoms with Gasteiger partial charge in [-0.2, -0.15) is 0 Å². The molecule has 0 saturated heterocycles. The molecule has 0 bridgehead atoms. The van der Waals surface area contributed by atoms with Gasteiger partial charge >= 0.3 is 0 Å². The van der Waals surface area contributed by atoms with E-state index >= 15 is 0 Å². The summed E-state index contributed by atoms with van der Waals surface area (Å²) in [7, 11) is 0. The van der Waals surface area contributed by atoms with Crippen LogP contribution in [0.3, 0.4) is 0 Å². The van der Waals surface area contributed by atoms with Gasteiger partial charge < -0.3 is 15.5 Å². The van der Waals surface area contributed by atoms with Crippen LogP contribution in [0.5, 0.6) is 0 Å². The van der Waals surface area contributed by atoms with Crippen molar-refractivity contribution in [1.29, 1.82) is 0 Å². The molecule has 1 fully saturated rings. The van der Waals surface area contributed by atoms with Crippen molar-refractivity contribution in [3.05, 3.63) is 0 Å². The number of aliphatic hydroxyl groups is 2. The van der Waals surface area contributed by atoms with Crippen molar-refractivity contribution < 1.29 is 10.2 Å². The highest BCUT2D eigenvalue weighted by Crippen LogP contribution is 2.17. The van der Waals surface area contributed by atoms with Gasteiger partial charge in [-0.3, -0.25) is 0 Å². The minimum absolute atomic E-state index is 0.139. The fraction of sp³-hybridized carbons (Fsp3) is 1.00. The molecule has 3 nitrogen and oxygen atoms in total. The van der Waals surface area contributed by atoms with E-state index in [9.17, 15) is 0 Å². The first-order chi connectivity index (χ1) is 4.83. The molecule has 0 aromatic carbocycles. The second-order valence-electron chi connectivity index (χ2n) is 2.87. The van der Waals surface area contributed by atoms with E-state index in [0.717, 1.165) is 0 Å². The lowest BCUT2D eigenvalue weighted by molar-refractivity contribution is 0.0886. The first kappa shape index (κ1) is 7.98. The van der Waals surface area contributed by atoms with Crippen molar-refractivity contribution in [3.8, 4) is 0 Å². The SMILES string of the molecule is OC[C@@H](O)CNC1CCC1. The minimum atomic E-state index is -0.583. The van der Waals surface area contributed by atoms with E-state index in [4.69, 9.17) is 10.2 Å². The molecule has 0 unspecified atom stereocenters. The lowest BCUT2D eigenvalue weighted by atomic mass is 9.93. The van der Waals surface area contributed by atoms with Gasteiger partial charge in [0, 0.05) is 12.6 Å². The molecule has 1 saturated carbocycles. The van der Waals surface area contributed by atoms with Crippen LogP contribution in [0, 0.1) is 0 Å². The smallest absolute Gasteiger partial charge is 0.0895 e. The molecule has 1 aliphatic rings. The van der Waals surface area contributed by atoms with Crippen LogP contribution in [-0.2, 0) is 0 Å². The predicted molar refractivity (Wildman–Crippen MR) is 38.7 cm³/mol. The Morgan fingerprint density at radius 1 is 1.50 bits per heavy atom. The molecule has 1 atom stereocenters. The van der Waals surface area contributed by atoms with E-state index in [1.54, 1.807) is 0 Å². The van der Waals surface area contributed by atoms with Gasteiger partial charge in [-0.15, -0.1) is 0 Å². The normalized spacial score (nSPS) is 22.2. The summed E-state index contributed by atoms with van der Waals surface area (Å²) in [5.41, 5.74) is 0. The first-order valence-electron chi connectivity index (χ1n) is 3.85. The molecule has 0 heterocycles. The Kier molecular flexibility index (Phi) is 3.12.